The Labute approximate surface area is 139 Å². The molecule has 2 atom stereocenters. The smallest absolute Gasteiger partial charge is 0.240 e. The van der Waals surface area contributed by atoms with E-state index in [1.54, 1.807) is 37.3 Å². The van der Waals surface area contributed by atoms with Crippen molar-refractivity contribution < 1.29 is 13.5 Å². The van der Waals surface area contributed by atoms with E-state index in [1.807, 2.05) is 0 Å². The molecule has 0 bridgehead atoms. The molecule has 0 radical (unpaired) electrons. The van der Waals surface area contributed by atoms with Gasteiger partial charge in [0.25, 0.3) is 0 Å². The molecule has 1 heterocycles. The van der Waals surface area contributed by atoms with Crippen molar-refractivity contribution in [2.24, 2.45) is 0 Å². The van der Waals surface area contributed by atoms with Crippen LogP contribution < -0.4 is 4.72 Å². The zero-order valence-corrected chi connectivity index (χ0v) is 14.7. The fraction of sp³-hybridized carbons (Fsp3) is 0.625. The molecule has 23 heavy (non-hydrogen) atoms. The third kappa shape index (κ3) is 5.54. The highest BCUT2D eigenvalue weighted by atomic mass is 32.2. The molecule has 1 aliphatic heterocycles. The molecule has 1 aromatic rings. The lowest BCUT2D eigenvalue weighted by Gasteiger charge is -2.40. The molecule has 0 aliphatic carbocycles. The molecule has 2 N–H and O–H groups in total. The first-order chi connectivity index (χ1) is 10.9. The van der Waals surface area contributed by atoms with E-state index in [4.69, 9.17) is 0 Å². The Balaban J connectivity index is 1.79. The first-order valence-corrected chi connectivity index (χ1v) is 9.56. The molecule has 1 aromatic carbocycles. The number of nitrogens with zero attached hydrogens (tertiary/aromatic N) is 2. The molecule has 1 saturated heterocycles. The van der Waals surface area contributed by atoms with Gasteiger partial charge in [-0.15, -0.1) is 0 Å². The van der Waals surface area contributed by atoms with Crippen molar-refractivity contribution in [1.82, 2.24) is 14.5 Å². The largest absolute Gasteiger partial charge is 0.392 e. The first kappa shape index (κ1) is 18.4. The van der Waals surface area contributed by atoms with Gasteiger partial charge < -0.3 is 5.11 Å². The molecule has 0 aromatic heterocycles. The van der Waals surface area contributed by atoms with Crippen molar-refractivity contribution in [2.45, 2.75) is 30.9 Å². The summed E-state index contributed by atoms with van der Waals surface area (Å²) in [6, 6.07) is 8.78. The second kappa shape index (κ2) is 8.21. The molecule has 6 nitrogen and oxygen atoms in total. The summed E-state index contributed by atoms with van der Waals surface area (Å²) in [6.07, 6.45) is -0.313. The van der Waals surface area contributed by atoms with Gasteiger partial charge in [0.2, 0.25) is 10.0 Å². The van der Waals surface area contributed by atoms with E-state index in [1.165, 1.54) is 0 Å². The van der Waals surface area contributed by atoms with E-state index in [9.17, 15) is 13.5 Å². The fourth-order valence-electron chi connectivity index (χ4n) is 2.95. The molecule has 0 spiro atoms. The van der Waals surface area contributed by atoms with E-state index in [2.05, 4.69) is 21.4 Å². The highest BCUT2D eigenvalue weighted by molar-refractivity contribution is 7.89. The number of rotatable bonds is 7. The Bertz CT molecular complexity index is 577. The summed E-state index contributed by atoms with van der Waals surface area (Å²) in [5.41, 5.74) is 0. The van der Waals surface area contributed by atoms with Gasteiger partial charge in [-0.2, -0.15) is 0 Å². The molecular formula is C16H27N3O3S. The third-order valence-corrected chi connectivity index (χ3v) is 5.59. The lowest BCUT2D eigenvalue weighted by Crippen LogP contribution is -2.54. The van der Waals surface area contributed by atoms with Crippen LogP contribution in [0, 0.1) is 0 Å². The number of piperazine rings is 1. The van der Waals surface area contributed by atoms with Crippen LogP contribution in [-0.2, 0) is 10.0 Å². The molecule has 7 heteroatoms. The Morgan fingerprint density at radius 3 is 2.61 bits per heavy atom. The van der Waals surface area contributed by atoms with Crippen LogP contribution in [0.3, 0.4) is 0 Å². The maximum atomic E-state index is 12.2. The van der Waals surface area contributed by atoms with Crippen LogP contribution in [0.15, 0.2) is 35.2 Å². The highest BCUT2D eigenvalue weighted by Crippen LogP contribution is 2.10. The second-order valence-electron chi connectivity index (χ2n) is 6.20. The number of sulfonamides is 1. The van der Waals surface area contributed by atoms with Gasteiger partial charge in [0, 0.05) is 45.3 Å². The van der Waals surface area contributed by atoms with Crippen molar-refractivity contribution in [2.75, 3.05) is 39.3 Å². The van der Waals surface area contributed by atoms with Crippen molar-refractivity contribution in [3.63, 3.8) is 0 Å². The van der Waals surface area contributed by atoms with Crippen LogP contribution in [0.1, 0.15) is 13.8 Å². The number of benzene rings is 1. The summed E-state index contributed by atoms with van der Waals surface area (Å²) in [5, 5.41) is 9.46. The molecule has 130 valence electrons. The number of aliphatic hydroxyl groups is 1. The van der Waals surface area contributed by atoms with E-state index in [0.29, 0.717) is 30.6 Å². The molecule has 2 unspecified atom stereocenters. The Morgan fingerprint density at radius 2 is 2.00 bits per heavy atom. The predicted molar refractivity (Wildman–Crippen MR) is 90.8 cm³/mol. The maximum Gasteiger partial charge on any atom is 0.240 e. The average molecular weight is 341 g/mol. The van der Waals surface area contributed by atoms with Gasteiger partial charge in [0.1, 0.15) is 0 Å². The van der Waals surface area contributed by atoms with Crippen molar-refractivity contribution in [3.8, 4) is 0 Å². The molecule has 1 fully saturated rings. The third-order valence-electron chi connectivity index (χ3n) is 4.12. The van der Waals surface area contributed by atoms with Crippen LogP contribution in [-0.4, -0.2) is 74.7 Å². The minimum Gasteiger partial charge on any atom is -0.392 e. The van der Waals surface area contributed by atoms with Gasteiger partial charge >= 0.3 is 0 Å². The summed E-state index contributed by atoms with van der Waals surface area (Å²) in [7, 11) is -3.43. The van der Waals surface area contributed by atoms with Crippen LogP contribution in [0.2, 0.25) is 0 Å². The topological polar surface area (TPSA) is 72.9 Å². The Morgan fingerprint density at radius 1 is 1.30 bits per heavy atom. The van der Waals surface area contributed by atoms with E-state index < -0.39 is 10.0 Å². The van der Waals surface area contributed by atoms with Crippen molar-refractivity contribution in [1.29, 1.82) is 0 Å². The SMILES string of the molecule is CC(O)CN1CCN(CCNS(=O)(=O)c2ccccc2)C(C)C1. The average Bonchev–Trinajstić information content (AvgIpc) is 2.50. The summed E-state index contributed by atoms with van der Waals surface area (Å²) in [5.74, 6) is 0. The minimum atomic E-state index is -3.43. The van der Waals surface area contributed by atoms with Crippen molar-refractivity contribution >= 4 is 10.0 Å². The van der Waals surface area contributed by atoms with Crippen LogP contribution in [0.4, 0.5) is 0 Å². The fourth-order valence-corrected chi connectivity index (χ4v) is 3.99. The lowest BCUT2D eigenvalue weighted by atomic mass is 10.2. The van der Waals surface area contributed by atoms with Gasteiger partial charge in [0.15, 0.2) is 0 Å². The van der Waals surface area contributed by atoms with Crippen LogP contribution in [0.5, 0.6) is 0 Å². The number of β-amino-alcohol motifs (C(OH)–C–C–N with tert-alkyl or cyclic N) is 1. The van der Waals surface area contributed by atoms with Crippen LogP contribution in [0.25, 0.3) is 0 Å². The van der Waals surface area contributed by atoms with Gasteiger partial charge in [-0.1, -0.05) is 18.2 Å². The standard InChI is InChI=1S/C16H27N3O3S/c1-14-12-18(13-15(2)20)10-11-19(14)9-8-17-23(21,22)16-6-4-3-5-7-16/h3-7,14-15,17,20H,8-13H2,1-2H3. The quantitative estimate of drug-likeness (QED) is 0.749. The summed E-state index contributed by atoms with van der Waals surface area (Å²) in [4.78, 5) is 4.83. The normalized spacial score (nSPS) is 22.1. The monoisotopic (exact) mass is 341 g/mol. The molecule has 2 rings (SSSR count). The highest BCUT2D eigenvalue weighted by Gasteiger charge is 2.24. The van der Waals surface area contributed by atoms with Gasteiger partial charge in [-0.25, -0.2) is 13.1 Å². The molecular weight excluding hydrogens is 314 g/mol. The number of hydrogen-bond acceptors (Lipinski definition) is 5. The van der Waals surface area contributed by atoms with Crippen LogP contribution >= 0.6 is 0 Å². The second-order valence-corrected chi connectivity index (χ2v) is 7.97. The number of aliphatic hydroxyl groups excluding tert-OH is 1. The Hall–Kier alpha value is -0.990. The summed E-state index contributed by atoms with van der Waals surface area (Å²) < 4.78 is 27.0. The zero-order valence-electron chi connectivity index (χ0n) is 13.9. The maximum absolute atomic E-state index is 12.2. The molecule has 0 saturated carbocycles. The predicted octanol–water partition coefficient (Wildman–Crippen LogP) is 0.352. The molecule has 1 aliphatic rings. The van der Waals surface area contributed by atoms with Gasteiger partial charge in [-0.3, -0.25) is 9.80 Å². The lowest BCUT2D eigenvalue weighted by molar-refractivity contribution is 0.0522. The summed E-state index contributed by atoms with van der Waals surface area (Å²) in [6.45, 7) is 8.42. The van der Waals surface area contributed by atoms with Gasteiger partial charge in [0.05, 0.1) is 11.0 Å². The van der Waals surface area contributed by atoms with E-state index >= 15 is 0 Å². The van der Waals surface area contributed by atoms with Crippen molar-refractivity contribution in [3.05, 3.63) is 30.3 Å². The van der Waals surface area contributed by atoms with E-state index in [-0.39, 0.29) is 6.10 Å². The Kier molecular flexibility index (Phi) is 6.55. The number of hydrogen-bond donors (Lipinski definition) is 2. The summed E-state index contributed by atoms with van der Waals surface area (Å²) >= 11 is 0. The van der Waals surface area contributed by atoms with Gasteiger partial charge in [-0.05, 0) is 26.0 Å². The zero-order chi connectivity index (χ0) is 16.9. The van der Waals surface area contributed by atoms with E-state index in [0.717, 1.165) is 19.6 Å². The first-order valence-electron chi connectivity index (χ1n) is 8.07. The number of nitrogens with one attached hydrogen (secondary N) is 1. The molecule has 0 amide bonds. The minimum absolute atomic E-state index is 0.301.